The summed E-state index contributed by atoms with van der Waals surface area (Å²) in [5.74, 6) is 0.754. The van der Waals surface area contributed by atoms with E-state index in [9.17, 15) is 0 Å². The van der Waals surface area contributed by atoms with Gasteiger partial charge in [0, 0.05) is 77.2 Å². The van der Waals surface area contributed by atoms with E-state index in [1.165, 1.54) is 60.5 Å². The molecule has 0 spiro atoms. The fourth-order valence-corrected chi connectivity index (χ4v) is 10.1. The van der Waals surface area contributed by atoms with Crippen molar-refractivity contribution < 1.29 is 0 Å². The Labute approximate surface area is 270 Å². The first-order chi connectivity index (χ1) is 22.3. The molecule has 0 amide bonds. The fourth-order valence-electron chi connectivity index (χ4n) is 6.69. The zero-order valence-corrected chi connectivity index (χ0v) is 26.3. The van der Waals surface area contributed by atoms with E-state index in [4.69, 9.17) is 9.97 Å². The standard InChI is InChI=1S/C40H22N2S3/c1-4-14-32-24(9-1)25-20-19-23(21-37(25)45-32)30-22-31(26-12-7-17-35-38(26)27-10-2-5-15-33(27)43-35)42-40(41-30)29-13-8-18-36-39(29)28-11-3-6-16-34(28)44-36/h1-22H. The largest absolute Gasteiger partial charge is 0.228 e. The SMILES string of the molecule is c1ccc2c(c1)sc1cc(-c3cc(-c4cccc5sc6ccccc6c45)nc(-c4cccc5sc6ccccc6c45)n3)ccc12. The lowest BCUT2D eigenvalue weighted by atomic mass is 10.0. The lowest BCUT2D eigenvalue weighted by molar-refractivity contribution is 1.19. The second-order valence-electron chi connectivity index (χ2n) is 11.3. The van der Waals surface area contributed by atoms with E-state index in [2.05, 4.69) is 133 Å². The Kier molecular flexibility index (Phi) is 5.52. The summed E-state index contributed by atoms with van der Waals surface area (Å²) in [4.78, 5) is 10.7. The molecular formula is C40H22N2S3. The third kappa shape index (κ3) is 3.91. The maximum absolute atomic E-state index is 5.37. The van der Waals surface area contributed by atoms with Crippen LogP contribution < -0.4 is 0 Å². The Morgan fingerprint density at radius 1 is 0.356 bits per heavy atom. The smallest absolute Gasteiger partial charge is 0.161 e. The van der Waals surface area contributed by atoms with E-state index in [0.29, 0.717) is 0 Å². The van der Waals surface area contributed by atoms with Crippen molar-refractivity contribution in [3.63, 3.8) is 0 Å². The Hall–Kier alpha value is -4.94. The summed E-state index contributed by atoms with van der Waals surface area (Å²) in [7, 11) is 0. The zero-order valence-electron chi connectivity index (χ0n) is 23.8. The molecule has 4 aromatic heterocycles. The van der Waals surface area contributed by atoms with Crippen LogP contribution in [0.5, 0.6) is 0 Å². The number of aromatic nitrogens is 2. The highest BCUT2D eigenvalue weighted by Crippen LogP contribution is 2.43. The Morgan fingerprint density at radius 2 is 0.867 bits per heavy atom. The molecule has 0 unspecified atom stereocenters. The molecule has 6 aromatic carbocycles. The molecule has 0 N–H and O–H groups in total. The molecular weight excluding hydrogens is 605 g/mol. The van der Waals surface area contributed by atoms with Crippen LogP contribution in [0.4, 0.5) is 0 Å². The number of hydrogen-bond donors (Lipinski definition) is 0. The molecule has 4 heterocycles. The Bertz CT molecular complexity index is 2650. The van der Waals surface area contributed by atoms with Crippen LogP contribution in [0, 0.1) is 0 Å². The predicted molar refractivity (Wildman–Crippen MR) is 197 cm³/mol. The molecule has 0 aliphatic heterocycles. The molecule has 0 radical (unpaired) electrons. The molecule has 0 fully saturated rings. The summed E-state index contributed by atoms with van der Waals surface area (Å²) in [6, 6.07) is 48.1. The van der Waals surface area contributed by atoms with E-state index < -0.39 is 0 Å². The summed E-state index contributed by atoms with van der Waals surface area (Å²) in [6.45, 7) is 0. The van der Waals surface area contributed by atoms with Gasteiger partial charge in [-0.1, -0.05) is 91.0 Å². The lowest BCUT2D eigenvalue weighted by Crippen LogP contribution is -1.96. The monoisotopic (exact) mass is 626 g/mol. The first kappa shape index (κ1) is 25.4. The number of thiophene rings is 3. The first-order valence-electron chi connectivity index (χ1n) is 14.9. The van der Waals surface area contributed by atoms with Gasteiger partial charge in [0.05, 0.1) is 11.4 Å². The van der Waals surface area contributed by atoms with Gasteiger partial charge >= 0.3 is 0 Å². The normalized spacial score (nSPS) is 12.0. The number of nitrogens with zero attached hydrogens (tertiary/aromatic N) is 2. The Morgan fingerprint density at radius 3 is 1.58 bits per heavy atom. The van der Waals surface area contributed by atoms with Crippen molar-refractivity contribution in [3.8, 4) is 33.9 Å². The Balaban J connectivity index is 1.27. The average molecular weight is 627 g/mol. The summed E-state index contributed by atoms with van der Waals surface area (Å²) in [6.07, 6.45) is 0. The van der Waals surface area contributed by atoms with Crippen molar-refractivity contribution >= 4 is 94.5 Å². The minimum atomic E-state index is 0.754. The molecule has 0 bridgehead atoms. The topological polar surface area (TPSA) is 25.8 Å². The van der Waals surface area contributed by atoms with Crippen LogP contribution in [0.25, 0.3) is 94.4 Å². The summed E-state index contributed by atoms with van der Waals surface area (Å²) in [5.41, 5.74) is 5.18. The van der Waals surface area contributed by atoms with E-state index in [1.54, 1.807) is 0 Å². The van der Waals surface area contributed by atoms with Gasteiger partial charge in [-0.2, -0.15) is 0 Å². The first-order valence-corrected chi connectivity index (χ1v) is 17.4. The molecule has 10 rings (SSSR count). The van der Waals surface area contributed by atoms with Crippen LogP contribution in [0.15, 0.2) is 133 Å². The van der Waals surface area contributed by atoms with Crippen LogP contribution in [-0.2, 0) is 0 Å². The minimum absolute atomic E-state index is 0.754. The van der Waals surface area contributed by atoms with Crippen molar-refractivity contribution in [3.05, 3.63) is 133 Å². The molecule has 45 heavy (non-hydrogen) atoms. The van der Waals surface area contributed by atoms with Gasteiger partial charge in [-0.25, -0.2) is 9.97 Å². The minimum Gasteiger partial charge on any atom is -0.228 e. The van der Waals surface area contributed by atoms with Crippen LogP contribution in [0.1, 0.15) is 0 Å². The molecule has 10 aromatic rings. The molecule has 0 aliphatic rings. The molecule has 0 saturated heterocycles. The van der Waals surface area contributed by atoms with Gasteiger partial charge in [0.15, 0.2) is 5.82 Å². The summed E-state index contributed by atoms with van der Waals surface area (Å²) < 4.78 is 7.67. The van der Waals surface area contributed by atoms with Crippen LogP contribution >= 0.6 is 34.0 Å². The summed E-state index contributed by atoms with van der Waals surface area (Å²) >= 11 is 5.51. The van der Waals surface area contributed by atoms with Crippen LogP contribution in [0.2, 0.25) is 0 Å². The van der Waals surface area contributed by atoms with Crippen molar-refractivity contribution in [2.75, 3.05) is 0 Å². The van der Waals surface area contributed by atoms with E-state index in [1.807, 2.05) is 34.0 Å². The maximum atomic E-state index is 5.37. The maximum Gasteiger partial charge on any atom is 0.161 e. The van der Waals surface area contributed by atoms with Crippen LogP contribution in [0.3, 0.4) is 0 Å². The second-order valence-corrected chi connectivity index (χ2v) is 14.6. The van der Waals surface area contributed by atoms with Gasteiger partial charge in [0.2, 0.25) is 0 Å². The lowest BCUT2D eigenvalue weighted by Gasteiger charge is -2.12. The van der Waals surface area contributed by atoms with Crippen molar-refractivity contribution in [2.45, 2.75) is 0 Å². The van der Waals surface area contributed by atoms with Crippen molar-refractivity contribution in [1.82, 2.24) is 9.97 Å². The summed E-state index contributed by atoms with van der Waals surface area (Å²) in [5, 5.41) is 7.60. The molecule has 0 aliphatic carbocycles. The quantitative estimate of drug-likeness (QED) is 0.195. The van der Waals surface area contributed by atoms with Gasteiger partial charge in [-0.3, -0.25) is 0 Å². The van der Waals surface area contributed by atoms with Crippen molar-refractivity contribution in [1.29, 1.82) is 0 Å². The second kappa shape index (κ2) is 9.78. The van der Waals surface area contributed by atoms with Gasteiger partial charge in [0.25, 0.3) is 0 Å². The third-order valence-electron chi connectivity index (χ3n) is 8.72. The van der Waals surface area contributed by atoms with E-state index >= 15 is 0 Å². The van der Waals surface area contributed by atoms with Gasteiger partial charge in [-0.15, -0.1) is 34.0 Å². The van der Waals surface area contributed by atoms with E-state index in [0.717, 1.165) is 33.9 Å². The molecule has 0 atom stereocenters. The van der Waals surface area contributed by atoms with Gasteiger partial charge in [-0.05, 0) is 42.5 Å². The zero-order chi connectivity index (χ0) is 29.5. The van der Waals surface area contributed by atoms with Gasteiger partial charge in [0.1, 0.15) is 0 Å². The molecule has 5 heteroatoms. The number of hydrogen-bond acceptors (Lipinski definition) is 5. The highest BCUT2D eigenvalue weighted by molar-refractivity contribution is 7.26. The highest BCUT2D eigenvalue weighted by Gasteiger charge is 2.18. The third-order valence-corrected chi connectivity index (χ3v) is 12.1. The average Bonchev–Trinajstić information content (AvgIpc) is 3.78. The van der Waals surface area contributed by atoms with Gasteiger partial charge < -0.3 is 0 Å². The predicted octanol–water partition coefficient (Wildman–Crippen LogP) is 12.6. The molecule has 210 valence electrons. The number of rotatable bonds is 3. The van der Waals surface area contributed by atoms with Crippen molar-refractivity contribution in [2.24, 2.45) is 0 Å². The molecule has 0 saturated carbocycles. The fraction of sp³-hybridized carbons (Fsp3) is 0. The number of benzene rings is 6. The molecule has 2 nitrogen and oxygen atoms in total. The number of fused-ring (bicyclic) bond motifs is 9. The highest BCUT2D eigenvalue weighted by atomic mass is 32.1. The van der Waals surface area contributed by atoms with Crippen LogP contribution in [-0.4, -0.2) is 9.97 Å². The van der Waals surface area contributed by atoms with E-state index in [-0.39, 0.29) is 0 Å².